The number of rotatable bonds is 2. The first-order valence-electron chi connectivity index (χ1n) is 4.83. The monoisotopic (exact) mass is 180 g/mol. The Labute approximate surface area is 79.2 Å². The second-order valence-electron chi connectivity index (χ2n) is 3.82. The molecule has 0 heterocycles. The Hall–Kier alpha value is -0.920. The van der Waals surface area contributed by atoms with Gasteiger partial charge >= 0.3 is 0 Å². The summed E-state index contributed by atoms with van der Waals surface area (Å²) in [5.74, 6) is 1.46. The van der Waals surface area contributed by atoms with E-state index in [1.807, 2.05) is 12.5 Å². The predicted molar refractivity (Wildman–Crippen MR) is 51.0 cm³/mol. The molecule has 0 aliphatic heterocycles. The fourth-order valence-electron chi connectivity index (χ4n) is 2.60. The summed E-state index contributed by atoms with van der Waals surface area (Å²) in [7, 11) is 3.42. The molecule has 0 N–H and O–H groups in total. The number of fused-ring (bicyclic) bond motifs is 2. The zero-order valence-corrected chi connectivity index (χ0v) is 8.25. The van der Waals surface area contributed by atoms with E-state index in [9.17, 15) is 0 Å². The van der Waals surface area contributed by atoms with Gasteiger partial charge in [-0.05, 0) is 42.2 Å². The van der Waals surface area contributed by atoms with Crippen LogP contribution in [-0.2, 0) is 9.47 Å². The van der Waals surface area contributed by atoms with E-state index in [4.69, 9.17) is 9.47 Å². The molecule has 72 valence electrons. The highest BCUT2D eigenvalue weighted by Crippen LogP contribution is 2.51. The molecule has 2 unspecified atom stereocenters. The van der Waals surface area contributed by atoms with Gasteiger partial charge < -0.3 is 9.47 Å². The van der Waals surface area contributed by atoms with E-state index in [0.717, 1.165) is 11.8 Å². The Balaban J connectivity index is 2.25. The van der Waals surface area contributed by atoms with Gasteiger partial charge in [0.05, 0.1) is 26.7 Å². The van der Waals surface area contributed by atoms with Gasteiger partial charge in [-0.1, -0.05) is 0 Å². The average molecular weight is 180 g/mol. The van der Waals surface area contributed by atoms with E-state index >= 15 is 0 Å². The van der Waals surface area contributed by atoms with Crippen LogP contribution in [0.25, 0.3) is 0 Å². The molecule has 2 rings (SSSR count). The minimum atomic E-state index is 0.728. The molecule has 0 aromatic carbocycles. The minimum absolute atomic E-state index is 0.728. The first-order chi connectivity index (χ1) is 6.36. The molecule has 0 spiro atoms. The van der Waals surface area contributed by atoms with Gasteiger partial charge in [0.25, 0.3) is 0 Å². The summed E-state index contributed by atoms with van der Waals surface area (Å²) >= 11 is 0. The summed E-state index contributed by atoms with van der Waals surface area (Å²) in [4.78, 5) is 0. The van der Waals surface area contributed by atoms with Crippen LogP contribution in [0.5, 0.6) is 0 Å². The number of methoxy groups -OCH3 is 2. The highest BCUT2D eigenvalue weighted by atomic mass is 16.5. The van der Waals surface area contributed by atoms with Gasteiger partial charge in [0.1, 0.15) is 0 Å². The van der Waals surface area contributed by atoms with Gasteiger partial charge in [-0.3, -0.25) is 0 Å². The summed E-state index contributed by atoms with van der Waals surface area (Å²) in [6.45, 7) is 0. The highest BCUT2D eigenvalue weighted by molar-refractivity contribution is 5.40. The number of hydrogen-bond donors (Lipinski definition) is 0. The van der Waals surface area contributed by atoms with Crippen LogP contribution < -0.4 is 0 Å². The molecule has 2 saturated carbocycles. The maximum absolute atomic E-state index is 5.10. The third kappa shape index (κ3) is 1.34. The van der Waals surface area contributed by atoms with E-state index in [1.165, 1.54) is 30.4 Å². The molecule has 2 bridgehead atoms. The third-order valence-corrected chi connectivity index (χ3v) is 3.14. The number of allylic oxidation sites excluding steroid dienone is 2. The van der Waals surface area contributed by atoms with Crippen molar-refractivity contribution < 1.29 is 9.47 Å². The molecule has 0 amide bonds. The van der Waals surface area contributed by atoms with Crippen LogP contribution in [0.15, 0.2) is 23.7 Å². The maximum atomic E-state index is 5.10. The number of hydrogen-bond acceptors (Lipinski definition) is 2. The standard InChI is InChI=1S/C11H16O2/c1-12-6-10-8-3-4-9(5-8)11(10)7-13-2/h6-9H,3-5H2,1-2H3. The van der Waals surface area contributed by atoms with Gasteiger partial charge in [0, 0.05) is 0 Å². The van der Waals surface area contributed by atoms with Crippen molar-refractivity contribution >= 4 is 0 Å². The van der Waals surface area contributed by atoms with Crippen LogP contribution >= 0.6 is 0 Å². The van der Waals surface area contributed by atoms with E-state index in [-0.39, 0.29) is 0 Å². The van der Waals surface area contributed by atoms with E-state index in [0.29, 0.717) is 0 Å². The summed E-state index contributed by atoms with van der Waals surface area (Å²) in [5, 5.41) is 0. The predicted octanol–water partition coefficient (Wildman–Crippen LogP) is 2.48. The van der Waals surface area contributed by atoms with Crippen molar-refractivity contribution in [3.8, 4) is 0 Å². The molecule has 2 atom stereocenters. The Bertz CT molecular complexity index is 227. The van der Waals surface area contributed by atoms with E-state index < -0.39 is 0 Å². The van der Waals surface area contributed by atoms with Crippen molar-refractivity contribution in [2.75, 3.05) is 14.2 Å². The van der Waals surface area contributed by atoms with Crippen molar-refractivity contribution in [1.29, 1.82) is 0 Å². The lowest BCUT2D eigenvalue weighted by Gasteiger charge is -2.16. The van der Waals surface area contributed by atoms with Crippen LogP contribution in [0.3, 0.4) is 0 Å². The van der Waals surface area contributed by atoms with E-state index in [2.05, 4.69) is 0 Å². The summed E-state index contributed by atoms with van der Waals surface area (Å²) < 4.78 is 10.2. The molecule has 2 aliphatic rings. The SMILES string of the molecule is COC=C1C(=COC)C2CCC1C2. The Morgan fingerprint density at radius 2 is 1.46 bits per heavy atom. The first kappa shape index (κ1) is 8.67. The van der Waals surface area contributed by atoms with Crippen molar-refractivity contribution in [3.05, 3.63) is 23.7 Å². The Morgan fingerprint density at radius 1 is 1.00 bits per heavy atom. The van der Waals surface area contributed by atoms with Gasteiger partial charge in [0.15, 0.2) is 0 Å². The van der Waals surface area contributed by atoms with Crippen molar-refractivity contribution in [2.45, 2.75) is 19.3 Å². The molecule has 0 radical (unpaired) electrons. The van der Waals surface area contributed by atoms with Gasteiger partial charge in [-0.25, -0.2) is 0 Å². The van der Waals surface area contributed by atoms with Crippen LogP contribution in [-0.4, -0.2) is 14.2 Å². The molecule has 2 aliphatic carbocycles. The third-order valence-electron chi connectivity index (χ3n) is 3.14. The van der Waals surface area contributed by atoms with Crippen molar-refractivity contribution in [2.24, 2.45) is 11.8 Å². The molecule has 2 nitrogen and oxygen atoms in total. The van der Waals surface area contributed by atoms with Crippen molar-refractivity contribution in [3.63, 3.8) is 0 Å². The van der Waals surface area contributed by atoms with Crippen LogP contribution in [0, 0.1) is 11.8 Å². The molecule has 2 heteroatoms. The maximum Gasteiger partial charge on any atom is 0.0863 e. The zero-order valence-electron chi connectivity index (χ0n) is 8.25. The molecule has 0 saturated heterocycles. The average Bonchev–Trinajstić information content (AvgIpc) is 2.69. The number of ether oxygens (including phenoxy) is 2. The summed E-state index contributed by atoms with van der Waals surface area (Å²) in [5.41, 5.74) is 2.72. The smallest absolute Gasteiger partial charge is 0.0863 e. The fourth-order valence-corrected chi connectivity index (χ4v) is 2.60. The molecule has 0 aromatic rings. The Kier molecular flexibility index (Phi) is 2.30. The molecule has 13 heavy (non-hydrogen) atoms. The van der Waals surface area contributed by atoms with Crippen LogP contribution in [0.2, 0.25) is 0 Å². The lowest BCUT2D eigenvalue weighted by atomic mass is 9.91. The van der Waals surface area contributed by atoms with Crippen molar-refractivity contribution in [1.82, 2.24) is 0 Å². The second kappa shape index (κ2) is 3.44. The van der Waals surface area contributed by atoms with Crippen LogP contribution in [0.4, 0.5) is 0 Å². The minimum Gasteiger partial charge on any atom is -0.504 e. The molecule has 2 fully saturated rings. The first-order valence-corrected chi connectivity index (χ1v) is 4.83. The quantitative estimate of drug-likeness (QED) is 0.608. The van der Waals surface area contributed by atoms with Gasteiger partial charge in [-0.2, -0.15) is 0 Å². The van der Waals surface area contributed by atoms with Gasteiger partial charge in [-0.15, -0.1) is 0 Å². The second-order valence-corrected chi connectivity index (χ2v) is 3.82. The summed E-state index contributed by atoms with van der Waals surface area (Å²) in [6, 6.07) is 0. The molecular weight excluding hydrogens is 164 g/mol. The Morgan fingerprint density at radius 3 is 1.85 bits per heavy atom. The highest BCUT2D eigenvalue weighted by Gasteiger charge is 2.40. The summed E-state index contributed by atoms with van der Waals surface area (Å²) in [6.07, 6.45) is 7.70. The molecule has 0 aromatic heterocycles. The van der Waals surface area contributed by atoms with E-state index in [1.54, 1.807) is 14.2 Å². The largest absolute Gasteiger partial charge is 0.504 e. The fraction of sp³-hybridized carbons (Fsp3) is 0.636. The zero-order chi connectivity index (χ0) is 9.26. The van der Waals surface area contributed by atoms with Gasteiger partial charge in [0.2, 0.25) is 0 Å². The van der Waals surface area contributed by atoms with Crippen LogP contribution in [0.1, 0.15) is 19.3 Å². The molecular formula is C11H16O2. The lowest BCUT2D eigenvalue weighted by molar-refractivity contribution is 0.321. The lowest BCUT2D eigenvalue weighted by Crippen LogP contribution is -2.03. The normalized spacial score (nSPS) is 37.4. The topological polar surface area (TPSA) is 18.5 Å².